The fourth-order valence-corrected chi connectivity index (χ4v) is 2.67. The van der Waals surface area contributed by atoms with E-state index >= 15 is 0 Å². The Bertz CT molecular complexity index is 637. The highest BCUT2D eigenvalue weighted by molar-refractivity contribution is 7.99. The molecule has 1 N–H and O–H groups in total. The number of hydrogen-bond donors (Lipinski definition) is 1. The zero-order chi connectivity index (χ0) is 15.2. The van der Waals surface area contributed by atoms with Crippen LogP contribution in [0.1, 0.15) is 10.4 Å². The van der Waals surface area contributed by atoms with E-state index in [0.29, 0.717) is 12.3 Å². The third-order valence-electron chi connectivity index (χ3n) is 2.65. The van der Waals surface area contributed by atoms with Crippen molar-refractivity contribution >= 4 is 29.3 Å². The second kappa shape index (κ2) is 7.43. The predicted octanol–water partition coefficient (Wildman–Crippen LogP) is 4.14. The van der Waals surface area contributed by atoms with E-state index in [1.807, 2.05) is 30.3 Å². The summed E-state index contributed by atoms with van der Waals surface area (Å²) in [6.45, 7) is 0.397. The van der Waals surface area contributed by atoms with Gasteiger partial charge >= 0.3 is 0 Å². The van der Waals surface area contributed by atoms with Crippen LogP contribution in [0.2, 0.25) is 5.02 Å². The van der Waals surface area contributed by atoms with Gasteiger partial charge in [-0.05, 0) is 24.3 Å². The van der Waals surface area contributed by atoms with E-state index in [1.54, 1.807) is 11.8 Å². The molecule has 0 saturated heterocycles. The Balaban J connectivity index is 1.86. The molecule has 0 radical (unpaired) electrons. The maximum absolute atomic E-state index is 13.1. The Hall–Kier alpha value is -1.59. The smallest absolute Gasteiger partial charge is 0.252 e. The van der Waals surface area contributed by atoms with Crippen molar-refractivity contribution in [1.29, 1.82) is 0 Å². The Morgan fingerprint density at radius 3 is 2.52 bits per heavy atom. The number of halogens is 3. The van der Waals surface area contributed by atoms with Crippen LogP contribution >= 0.6 is 23.4 Å². The van der Waals surface area contributed by atoms with Gasteiger partial charge in [-0.15, -0.1) is 11.8 Å². The number of carbonyl (C=O) groups is 1. The van der Waals surface area contributed by atoms with Gasteiger partial charge < -0.3 is 5.32 Å². The molecule has 21 heavy (non-hydrogen) atoms. The second-order valence-electron chi connectivity index (χ2n) is 4.16. The molecule has 0 aliphatic rings. The highest BCUT2D eigenvalue weighted by atomic mass is 35.5. The lowest BCUT2D eigenvalue weighted by Gasteiger charge is -2.07. The van der Waals surface area contributed by atoms with Crippen molar-refractivity contribution in [2.75, 3.05) is 12.3 Å². The summed E-state index contributed by atoms with van der Waals surface area (Å²) in [6, 6.07) is 11.3. The quantitative estimate of drug-likeness (QED) is 0.508. The summed E-state index contributed by atoms with van der Waals surface area (Å²) >= 11 is 7.32. The Morgan fingerprint density at radius 1 is 1.14 bits per heavy atom. The van der Waals surface area contributed by atoms with Crippen LogP contribution in [0.15, 0.2) is 47.4 Å². The number of benzene rings is 2. The van der Waals surface area contributed by atoms with Crippen molar-refractivity contribution in [2.24, 2.45) is 0 Å². The molecular formula is C15H12ClF2NOS. The summed E-state index contributed by atoms with van der Waals surface area (Å²) < 4.78 is 26.0. The van der Waals surface area contributed by atoms with Gasteiger partial charge in [0.25, 0.3) is 5.91 Å². The van der Waals surface area contributed by atoms with Gasteiger partial charge in [-0.1, -0.05) is 29.8 Å². The van der Waals surface area contributed by atoms with E-state index < -0.39 is 17.5 Å². The molecule has 110 valence electrons. The Kier molecular flexibility index (Phi) is 5.59. The molecule has 0 saturated carbocycles. The van der Waals surface area contributed by atoms with Gasteiger partial charge in [-0.25, -0.2) is 8.78 Å². The molecule has 1 amide bonds. The van der Waals surface area contributed by atoms with Crippen LogP contribution < -0.4 is 5.32 Å². The van der Waals surface area contributed by atoms with Gasteiger partial charge in [-0.3, -0.25) is 4.79 Å². The zero-order valence-electron chi connectivity index (χ0n) is 10.9. The number of hydrogen-bond acceptors (Lipinski definition) is 2. The largest absolute Gasteiger partial charge is 0.351 e. The Labute approximate surface area is 130 Å². The zero-order valence-corrected chi connectivity index (χ0v) is 12.5. The molecule has 0 aliphatic carbocycles. The SMILES string of the molecule is O=C(NCCSc1ccccc1)c1cc(F)c(F)cc1Cl. The number of rotatable bonds is 5. The first-order valence-electron chi connectivity index (χ1n) is 6.18. The Morgan fingerprint density at radius 2 is 1.81 bits per heavy atom. The topological polar surface area (TPSA) is 29.1 Å². The molecule has 2 aromatic carbocycles. The van der Waals surface area contributed by atoms with Crippen LogP contribution in [-0.2, 0) is 0 Å². The first kappa shape index (κ1) is 15.8. The lowest BCUT2D eigenvalue weighted by Crippen LogP contribution is -2.26. The van der Waals surface area contributed by atoms with E-state index in [2.05, 4.69) is 5.32 Å². The molecule has 2 aromatic rings. The minimum Gasteiger partial charge on any atom is -0.351 e. The normalized spacial score (nSPS) is 10.4. The number of amides is 1. The first-order chi connectivity index (χ1) is 10.1. The van der Waals surface area contributed by atoms with Gasteiger partial charge in [0.2, 0.25) is 0 Å². The molecule has 0 fully saturated rings. The van der Waals surface area contributed by atoms with Crippen LogP contribution in [0.25, 0.3) is 0 Å². The van der Waals surface area contributed by atoms with Crippen molar-refractivity contribution < 1.29 is 13.6 Å². The third kappa shape index (κ3) is 4.44. The first-order valence-corrected chi connectivity index (χ1v) is 7.55. The van der Waals surface area contributed by atoms with Gasteiger partial charge in [0.05, 0.1) is 10.6 Å². The van der Waals surface area contributed by atoms with Gasteiger partial charge in [0.1, 0.15) is 0 Å². The summed E-state index contributed by atoms with van der Waals surface area (Å²) in [6.07, 6.45) is 0. The van der Waals surface area contributed by atoms with E-state index in [1.165, 1.54) is 0 Å². The number of carbonyl (C=O) groups excluding carboxylic acids is 1. The van der Waals surface area contributed by atoms with E-state index in [9.17, 15) is 13.6 Å². The minimum atomic E-state index is -1.09. The summed E-state index contributed by atoms with van der Waals surface area (Å²) in [5, 5.41) is 2.51. The van der Waals surface area contributed by atoms with E-state index in [0.717, 1.165) is 17.0 Å². The average molecular weight is 328 g/mol. The summed E-state index contributed by atoms with van der Waals surface area (Å²) in [5.41, 5.74) is -0.0692. The molecular weight excluding hydrogens is 316 g/mol. The molecule has 2 nitrogen and oxygen atoms in total. The molecule has 0 spiro atoms. The molecule has 0 unspecified atom stereocenters. The lowest BCUT2D eigenvalue weighted by molar-refractivity contribution is 0.0956. The predicted molar refractivity (Wildman–Crippen MR) is 80.9 cm³/mol. The third-order valence-corrected chi connectivity index (χ3v) is 3.98. The summed E-state index contributed by atoms with van der Waals surface area (Å²) in [4.78, 5) is 12.9. The van der Waals surface area contributed by atoms with Crippen molar-refractivity contribution in [1.82, 2.24) is 5.32 Å². The van der Waals surface area contributed by atoms with E-state index in [-0.39, 0.29) is 10.6 Å². The average Bonchev–Trinajstić information content (AvgIpc) is 2.48. The fraction of sp³-hybridized carbons (Fsp3) is 0.133. The van der Waals surface area contributed by atoms with Crippen LogP contribution in [0.3, 0.4) is 0 Å². The van der Waals surface area contributed by atoms with Gasteiger partial charge in [0.15, 0.2) is 11.6 Å². The molecule has 0 atom stereocenters. The molecule has 6 heteroatoms. The van der Waals surface area contributed by atoms with Crippen molar-refractivity contribution in [2.45, 2.75) is 4.90 Å². The fourth-order valence-electron chi connectivity index (χ4n) is 1.64. The monoisotopic (exact) mass is 327 g/mol. The second-order valence-corrected chi connectivity index (χ2v) is 5.74. The molecule has 0 aliphatic heterocycles. The van der Waals surface area contributed by atoms with Crippen molar-refractivity contribution in [3.63, 3.8) is 0 Å². The highest BCUT2D eigenvalue weighted by Crippen LogP contribution is 2.20. The number of nitrogens with one attached hydrogen (secondary N) is 1. The molecule has 0 heterocycles. The van der Waals surface area contributed by atoms with Crippen LogP contribution in [0.5, 0.6) is 0 Å². The minimum absolute atomic E-state index is 0.0692. The molecule has 2 rings (SSSR count). The van der Waals surface area contributed by atoms with Crippen LogP contribution in [0, 0.1) is 11.6 Å². The maximum Gasteiger partial charge on any atom is 0.252 e. The summed E-state index contributed by atoms with van der Waals surface area (Å²) in [5.74, 6) is -2.02. The standard InChI is InChI=1S/C15H12ClF2NOS/c16-12-9-14(18)13(17)8-11(12)15(20)19-6-7-21-10-4-2-1-3-5-10/h1-5,8-9H,6-7H2,(H,19,20). The summed E-state index contributed by atoms with van der Waals surface area (Å²) in [7, 11) is 0. The highest BCUT2D eigenvalue weighted by Gasteiger charge is 2.14. The number of thioether (sulfide) groups is 1. The van der Waals surface area contributed by atoms with Crippen molar-refractivity contribution in [3.05, 3.63) is 64.7 Å². The van der Waals surface area contributed by atoms with Crippen molar-refractivity contribution in [3.8, 4) is 0 Å². The lowest BCUT2D eigenvalue weighted by atomic mass is 10.2. The van der Waals surface area contributed by atoms with Crippen LogP contribution in [-0.4, -0.2) is 18.2 Å². The van der Waals surface area contributed by atoms with E-state index in [4.69, 9.17) is 11.6 Å². The van der Waals surface area contributed by atoms with Gasteiger partial charge in [-0.2, -0.15) is 0 Å². The van der Waals surface area contributed by atoms with Crippen LogP contribution in [0.4, 0.5) is 8.78 Å². The maximum atomic E-state index is 13.1. The molecule has 0 bridgehead atoms. The van der Waals surface area contributed by atoms with Gasteiger partial charge in [0, 0.05) is 17.2 Å². The molecule has 0 aromatic heterocycles.